The zero-order chi connectivity index (χ0) is 17.1. The first-order valence-corrected chi connectivity index (χ1v) is 7.86. The second-order valence-electron chi connectivity index (χ2n) is 5.58. The Morgan fingerprint density at radius 3 is 2.67 bits per heavy atom. The highest BCUT2D eigenvalue weighted by molar-refractivity contribution is 5.95. The maximum absolute atomic E-state index is 12.0. The second kappa shape index (κ2) is 6.66. The summed E-state index contributed by atoms with van der Waals surface area (Å²) in [6, 6.07) is 13.7. The number of para-hydroxylation sites is 1. The number of rotatable bonds is 4. The number of carbonyl (C=O) groups excluding carboxylic acids is 1. The Morgan fingerprint density at radius 1 is 1.12 bits per heavy atom. The normalized spacial score (nSPS) is 10.6. The molecule has 0 aliphatic heterocycles. The van der Waals surface area contributed by atoms with E-state index in [0.717, 1.165) is 16.6 Å². The summed E-state index contributed by atoms with van der Waals surface area (Å²) in [4.78, 5) is 20.7. The van der Waals surface area contributed by atoms with Gasteiger partial charge in [0.15, 0.2) is 0 Å². The number of carbonyl (C=O) groups is 1. The molecule has 0 aliphatic rings. The number of nitrogens with zero attached hydrogens (tertiary/aromatic N) is 2. The van der Waals surface area contributed by atoms with E-state index in [-0.39, 0.29) is 12.4 Å². The molecule has 1 N–H and O–H groups in total. The van der Waals surface area contributed by atoms with Crippen LogP contribution in [0.1, 0.15) is 28.7 Å². The van der Waals surface area contributed by atoms with Crippen LogP contribution in [0.15, 0.2) is 42.5 Å². The monoisotopic (exact) mass is 321 g/mol. The lowest BCUT2D eigenvalue weighted by Gasteiger charge is -2.12. The van der Waals surface area contributed by atoms with Crippen molar-refractivity contribution in [2.45, 2.75) is 20.8 Å². The predicted molar refractivity (Wildman–Crippen MR) is 94.7 cm³/mol. The summed E-state index contributed by atoms with van der Waals surface area (Å²) in [5.74, 6) is 0.130. The molecule has 2 aromatic carbocycles. The molecule has 0 aliphatic carbocycles. The van der Waals surface area contributed by atoms with Gasteiger partial charge in [0.25, 0.3) is 0 Å². The van der Waals surface area contributed by atoms with Crippen molar-refractivity contribution in [1.82, 2.24) is 9.97 Å². The van der Waals surface area contributed by atoms with Gasteiger partial charge in [-0.25, -0.2) is 14.8 Å². The molecular formula is C19H19N3O2. The van der Waals surface area contributed by atoms with E-state index in [2.05, 4.69) is 28.3 Å². The van der Waals surface area contributed by atoms with E-state index in [1.54, 1.807) is 6.92 Å². The van der Waals surface area contributed by atoms with Crippen molar-refractivity contribution in [1.29, 1.82) is 0 Å². The van der Waals surface area contributed by atoms with Crippen molar-refractivity contribution in [3.63, 3.8) is 0 Å². The van der Waals surface area contributed by atoms with Crippen molar-refractivity contribution in [2.24, 2.45) is 0 Å². The summed E-state index contributed by atoms with van der Waals surface area (Å²) in [5.41, 5.74) is 3.94. The quantitative estimate of drug-likeness (QED) is 0.731. The number of nitrogens with one attached hydrogen (secondary N) is 1. The Kier molecular flexibility index (Phi) is 4.42. The number of fused-ring (bicyclic) bond motifs is 1. The Bertz CT molecular complexity index is 906. The average Bonchev–Trinajstić information content (AvgIpc) is 2.57. The van der Waals surface area contributed by atoms with Gasteiger partial charge in [-0.15, -0.1) is 0 Å². The van der Waals surface area contributed by atoms with Gasteiger partial charge in [0.1, 0.15) is 5.82 Å². The van der Waals surface area contributed by atoms with E-state index in [4.69, 9.17) is 4.74 Å². The summed E-state index contributed by atoms with van der Waals surface area (Å²) < 4.78 is 5.03. The third kappa shape index (κ3) is 3.20. The number of aryl methyl sites for hydroxylation is 2. The fourth-order valence-corrected chi connectivity index (χ4v) is 2.54. The SMILES string of the molecule is CCOC(=O)c1nc(Nc2ccc(C)cc2C)c2ccccc2n1. The summed E-state index contributed by atoms with van der Waals surface area (Å²) in [6.07, 6.45) is 0. The topological polar surface area (TPSA) is 64.1 Å². The van der Waals surface area contributed by atoms with Crippen LogP contribution in [-0.4, -0.2) is 22.5 Å². The van der Waals surface area contributed by atoms with Gasteiger partial charge in [0.2, 0.25) is 5.82 Å². The number of benzene rings is 2. The minimum absolute atomic E-state index is 0.0582. The molecule has 24 heavy (non-hydrogen) atoms. The molecule has 0 unspecified atom stereocenters. The molecular weight excluding hydrogens is 302 g/mol. The molecule has 3 aromatic rings. The van der Waals surface area contributed by atoms with Crippen LogP contribution in [0.2, 0.25) is 0 Å². The fourth-order valence-electron chi connectivity index (χ4n) is 2.54. The highest BCUT2D eigenvalue weighted by atomic mass is 16.5. The van der Waals surface area contributed by atoms with Gasteiger partial charge in [0, 0.05) is 11.1 Å². The van der Waals surface area contributed by atoms with Crippen LogP contribution in [-0.2, 0) is 4.74 Å². The van der Waals surface area contributed by atoms with Crippen LogP contribution >= 0.6 is 0 Å². The number of esters is 1. The maximum Gasteiger partial charge on any atom is 0.376 e. The molecule has 0 spiro atoms. The lowest BCUT2D eigenvalue weighted by Crippen LogP contribution is -2.11. The molecule has 0 saturated heterocycles. The van der Waals surface area contributed by atoms with E-state index >= 15 is 0 Å². The minimum Gasteiger partial charge on any atom is -0.460 e. The van der Waals surface area contributed by atoms with Crippen LogP contribution in [0, 0.1) is 13.8 Å². The second-order valence-corrected chi connectivity index (χ2v) is 5.58. The smallest absolute Gasteiger partial charge is 0.376 e. The lowest BCUT2D eigenvalue weighted by atomic mass is 10.1. The van der Waals surface area contributed by atoms with Crippen LogP contribution in [0.3, 0.4) is 0 Å². The van der Waals surface area contributed by atoms with Crippen molar-refractivity contribution < 1.29 is 9.53 Å². The molecule has 3 rings (SSSR count). The average molecular weight is 321 g/mol. The number of hydrogen-bond acceptors (Lipinski definition) is 5. The van der Waals surface area contributed by atoms with Crippen LogP contribution in [0.4, 0.5) is 11.5 Å². The predicted octanol–water partition coefficient (Wildman–Crippen LogP) is 4.17. The number of hydrogen-bond donors (Lipinski definition) is 1. The van der Waals surface area contributed by atoms with Crippen molar-refractivity contribution in [2.75, 3.05) is 11.9 Å². The molecule has 1 heterocycles. The van der Waals surface area contributed by atoms with E-state index in [1.165, 1.54) is 5.56 Å². The summed E-state index contributed by atoms with van der Waals surface area (Å²) in [7, 11) is 0. The number of aromatic nitrogens is 2. The molecule has 0 amide bonds. The van der Waals surface area contributed by atoms with E-state index < -0.39 is 5.97 Å². The Labute approximate surface area is 140 Å². The molecule has 0 radical (unpaired) electrons. The molecule has 0 atom stereocenters. The third-order valence-corrected chi connectivity index (χ3v) is 3.70. The first kappa shape index (κ1) is 15.9. The summed E-state index contributed by atoms with van der Waals surface area (Å²) in [5, 5.41) is 4.17. The molecule has 1 aromatic heterocycles. The summed E-state index contributed by atoms with van der Waals surface area (Å²) in [6.45, 7) is 6.13. The van der Waals surface area contributed by atoms with E-state index in [0.29, 0.717) is 11.3 Å². The van der Waals surface area contributed by atoms with Gasteiger partial charge >= 0.3 is 5.97 Å². The highest BCUT2D eigenvalue weighted by Crippen LogP contribution is 2.26. The minimum atomic E-state index is -0.521. The molecule has 0 fully saturated rings. The van der Waals surface area contributed by atoms with Gasteiger partial charge < -0.3 is 10.1 Å². The Hall–Kier alpha value is -2.95. The Balaban J connectivity index is 2.09. The van der Waals surface area contributed by atoms with Crippen LogP contribution in [0.25, 0.3) is 10.9 Å². The maximum atomic E-state index is 12.0. The standard InChI is InChI=1S/C19H19N3O2/c1-4-24-19(23)18-21-16-8-6-5-7-14(16)17(22-18)20-15-10-9-12(2)11-13(15)3/h5-11H,4H2,1-3H3,(H,20,21,22). The first-order valence-electron chi connectivity index (χ1n) is 7.86. The fraction of sp³-hybridized carbons (Fsp3) is 0.211. The van der Waals surface area contributed by atoms with Crippen molar-refractivity contribution in [3.05, 3.63) is 59.4 Å². The van der Waals surface area contributed by atoms with Gasteiger partial charge in [-0.3, -0.25) is 0 Å². The van der Waals surface area contributed by atoms with Crippen LogP contribution in [0.5, 0.6) is 0 Å². The zero-order valence-corrected chi connectivity index (χ0v) is 14.0. The molecule has 0 saturated carbocycles. The molecule has 122 valence electrons. The largest absolute Gasteiger partial charge is 0.460 e. The van der Waals surface area contributed by atoms with E-state index in [9.17, 15) is 4.79 Å². The first-order chi connectivity index (χ1) is 11.6. The van der Waals surface area contributed by atoms with Gasteiger partial charge in [-0.2, -0.15) is 0 Å². The van der Waals surface area contributed by atoms with Crippen LogP contribution < -0.4 is 5.32 Å². The number of ether oxygens (including phenoxy) is 1. The lowest BCUT2D eigenvalue weighted by molar-refractivity contribution is 0.0512. The highest BCUT2D eigenvalue weighted by Gasteiger charge is 2.15. The van der Waals surface area contributed by atoms with Crippen molar-refractivity contribution >= 4 is 28.4 Å². The molecule has 5 heteroatoms. The third-order valence-electron chi connectivity index (χ3n) is 3.70. The summed E-state index contributed by atoms with van der Waals surface area (Å²) >= 11 is 0. The zero-order valence-electron chi connectivity index (χ0n) is 14.0. The Morgan fingerprint density at radius 2 is 1.92 bits per heavy atom. The van der Waals surface area contributed by atoms with Gasteiger partial charge in [0.05, 0.1) is 12.1 Å². The number of anilines is 2. The van der Waals surface area contributed by atoms with E-state index in [1.807, 2.05) is 43.3 Å². The van der Waals surface area contributed by atoms with Gasteiger partial charge in [-0.05, 0) is 44.5 Å². The van der Waals surface area contributed by atoms with Crippen molar-refractivity contribution in [3.8, 4) is 0 Å². The van der Waals surface area contributed by atoms with Gasteiger partial charge in [-0.1, -0.05) is 29.8 Å². The molecule has 0 bridgehead atoms. The molecule has 5 nitrogen and oxygen atoms in total.